The highest BCUT2D eigenvalue weighted by molar-refractivity contribution is 6.30. The molecule has 1 amide bonds. The lowest BCUT2D eigenvalue weighted by molar-refractivity contribution is 0.0728. The van der Waals surface area contributed by atoms with Gasteiger partial charge in [-0.3, -0.25) is 4.79 Å². The van der Waals surface area contributed by atoms with Crippen molar-refractivity contribution in [3.05, 3.63) is 58.7 Å². The van der Waals surface area contributed by atoms with E-state index in [4.69, 9.17) is 26.8 Å². The van der Waals surface area contributed by atoms with Gasteiger partial charge in [-0.15, -0.1) is 0 Å². The molecule has 0 atom stereocenters. The first-order chi connectivity index (χ1) is 13.0. The highest BCUT2D eigenvalue weighted by Crippen LogP contribution is 2.33. The summed E-state index contributed by atoms with van der Waals surface area (Å²) in [5.74, 6) is -0.727. The molecule has 2 aromatic carbocycles. The number of nitrogens with one attached hydrogen (secondary N) is 1. The van der Waals surface area contributed by atoms with Gasteiger partial charge in [-0.25, -0.2) is 4.79 Å². The van der Waals surface area contributed by atoms with E-state index >= 15 is 0 Å². The Hall–Kier alpha value is -3.39. The Balaban J connectivity index is 1.92. The predicted molar refractivity (Wildman–Crippen MR) is 97.9 cm³/mol. The van der Waals surface area contributed by atoms with Crippen LogP contribution in [-0.2, 0) is 0 Å². The van der Waals surface area contributed by atoms with Crippen molar-refractivity contribution in [1.29, 1.82) is 0 Å². The number of hydrogen-bond donors (Lipinski definition) is 2. The fraction of sp³-hybridized carbons (Fsp3) is 0.111. The normalized spacial score (nSPS) is 10.4. The molecular formula is C18H15ClN4O4. The Morgan fingerprint density at radius 1 is 1.11 bits per heavy atom. The van der Waals surface area contributed by atoms with E-state index in [0.29, 0.717) is 28.5 Å². The molecule has 0 aliphatic rings. The van der Waals surface area contributed by atoms with Crippen molar-refractivity contribution in [3.8, 4) is 22.8 Å². The molecule has 0 radical (unpaired) electrons. The fourth-order valence-electron chi connectivity index (χ4n) is 2.36. The van der Waals surface area contributed by atoms with Gasteiger partial charge in [-0.1, -0.05) is 11.6 Å². The number of halogens is 1. The van der Waals surface area contributed by atoms with E-state index in [1.54, 1.807) is 49.4 Å². The highest BCUT2D eigenvalue weighted by atomic mass is 35.5. The highest BCUT2D eigenvalue weighted by Gasteiger charge is 2.19. The van der Waals surface area contributed by atoms with E-state index in [-0.39, 0.29) is 17.1 Å². The first-order valence-electron chi connectivity index (χ1n) is 7.95. The molecule has 0 aliphatic carbocycles. The number of primary amides is 1. The van der Waals surface area contributed by atoms with Crippen LogP contribution in [0.5, 0.6) is 11.5 Å². The Kier molecular flexibility index (Phi) is 5.37. The molecule has 8 nitrogen and oxygen atoms in total. The average molecular weight is 387 g/mol. The minimum absolute atomic E-state index is 0.00311. The largest absolute Gasteiger partial charge is 0.490 e. The van der Waals surface area contributed by atoms with E-state index in [2.05, 4.69) is 15.4 Å². The van der Waals surface area contributed by atoms with Crippen LogP contribution in [0.25, 0.3) is 11.3 Å². The van der Waals surface area contributed by atoms with E-state index < -0.39 is 11.9 Å². The maximum Gasteiger partial charge on any atom is 0.343 e. The van der Waals surface area contributed by atoms with Crippen LogP contribution in [0.2, 0.25) is 5.02 Å². The van der Waals surface area contributed by atoms with Gasteiger partial charge in [-0.05, 0) is 49.4 Å². The summed E-state index contributed by atoms with van der Waals surface area (Å²) in [4.78, 5) is 23.8. The van der Waals surface area contributed by atoms with Crippen molar-refractivity contribution in [2.75, 3.05) is 6.61 Å². The van der Waals surface area contributed by atoms with Crippen LogP contribution < -0.4 is 15.2 Å². The number of benzene rings is 2. The van der Waals surface area contributed by atoms with Gasteiger partial charge in [0.25, 0.3) is 5.91 Å². The van der Waals surface area contributed by atoms with Crippen LogP contribution in [0.3, 0.4) is 0 Å². The first-order valence-corrected chi connectivity index (χ1v) is 8.33. The molecule has 3 N–H and O–H groups in total. The maximum absolute atomic E-state index is 12.3. The van der Waals surface area contributed by atoms with Crippen LogP contribution in [-0.4, -0.2) is 33.9 Å². The Morgan fingerprint density at radius 2 is 1.85 bits per heavy atom. The van der Waals surface area contributed by atoms with Gasteiger partial charge in [0.2, 0.25) is 0 Å². The van der Waals surface area contributed by atoms with Gasteiger partial charge in [0.15, 0.2) is 17.2 Å². The number of aromatic amines is 1. The van der Waals surface area contributed by atoms with Gasteiger partial charge in [0, 0.05) is 10.6 Å². The molecule has 0 spiro atoms. The molecule has 138 valence electrons. The minimum Gasteiger partial charge on any atom is -0.490 e. The zero-order valence-corrected chi connectivity index (χ0v) is 15.0. The minimum atomic E-state index is -0.713. The lowest BCUT2D eigenvalue weighted by Crippen LogP contribution is -2.13. The van der Waals surface area contributed by atoms with Crippen LogP contribution in [0.15, 0.2) is 42.5 Å². The summed E-state index contributed by atoms with van der Waals surface area (Å²) in [6.07, 6.45) is 0. The van der Waals surface area contributed by atoms with Gasteiger partial charge < -0.3 is 15.2 Å². The van der Waals surface area contributed by atoms with Crippen LogP contribution in [0, 0.1) is 0 Å². The molecule has 3 rings (SSSR count). The van der Waals surface area contributed by atoms with E-state index in [1.165, 1.54) is 0 Å². The number of rotatable bonds is 6. The monoisotopic (exact) mass is 386 g/mol. The molecule has 1 heterocycles. The fourth-order valence-corrected chi connectivity index (χ4v) is 2.48. The summed E-state index contributed by atoms with van der Waals surface area (Å²) < 4.78 is 11.0. The second kappa shape index (κ2) is 7.88. The van der Waals surface area contributed by atoms with Crippen molar-refractivity contribution in [3.63, 3.8) is 0 Å². The van der Waals surface area contributed by atoms with E-state index in [9.17, 15) is 9.59 Å². The summed E-state index contributed by atoms with van der Waals surface area (Å²) in [6.45, 7) is 2.14. The number of ether oxygens (including phenoxy) is 2. The summed E-state index contributed by atoms with van der Waals surface area (Å²) in [5, 5.41) is 10.6. The number of H-pyrrole nitrogens is 1. The lowest BCUT2D eigenvalue weighted by Gasteiger charge is -2.12. The number of esters is 1. The van der Waals surface area contributed by atoms with Crippen molar-refractivity contribution >= 4 is 23.5 Å². The third-order valence-electron chi connectivity index (χ3n) is 3.58. The van der Waals surface area contributed by atoms with Gasteiger partial charge in [-0.2, -0.15) is 15.4 Å². The molecule has 0 bridgehead atoms. The average Bonchev–Trinajstić information content (AvgIpc) is 3.14. The van der Waals surface area contributed by atoms with Crippen molar-refractivity contribution in [2.24, 2.45) is 5.73 Å². The van der Waals surface area contributed by atoms with E-state index in [0.717, 1.165) is 0 Å². The number of amides is 1. The summed E-state index contributed by atoms with van der Waals surface area (Å²) in [5.41, 5.74) is 6.45. The zero-order valence-electron chi connectivity index (χ0n) is 14.2. The maximum atomic E-state index is 12.3. The van der Waals surface area contributed by atoms with Crippen molar-refractivity contribution in [2.45, 2.75) is 6.92 Å². The standard InChI is InChI=1S/C18H15ClN4O4/c1-2-26-14-9-11(15-16(17(20)24)22-23-21-15)5-8-13(14)27-18(25)10-3-6-12(19)7-4-10/h3-9H,2H2,1H3,(H2,20,24)(H,21,22,23). The smallest absolute Gasteiger partial charge is 0.343 e. The topological polar surface area (TPSA) is 120 Å². The SMILES string of the molecule is CCOc1cc(-c2n[nH]nc2C(N)=O)ccc1OC(=O)c1ccc(Cl)cc1. The van der Waals surface area contributed by atoms with Crippen LogP contribution in [0.4, 0.5) is 0 Å². The molecule has 27 heavy (non-hydrogen) atoms. The van der Waals surface area contributed by atoms with Gasteiger partial charge in [0.1, 0.15) is 5.69 Å². The summed E-state index contributed by atoms with van der Waals surface area (Å²) >= 11 is 5.83. The summed E-state index contributed by atoms with van der Waals surface area (Å²) in [6, 6.07) is 11.1. The van der Waals surface area contributed by atoms with Crippen LogP contribution in [0.1, 0.15) is 27.8 Å². The Morgan fingerprint density at radius 3 is 2.52 bits per heavy atom. The van der Waals surface area contributed by atoms with Crippen LogP contribution >= 0.6 is 11.6 Å². The second-order valence-electron chi connectivity index (χ2n) is 5.38. The molecule has 0 saturated heterocycles. The molecule has 1 aromatic heterocycles. The van der Waals surface area contributed by atoms with Gasteiger partial charge in [0.05, 0.1) is 12.2 Å². The Labute approximate surface area is 159 Å². The number of nitrogens with two attached hydrogens (primary N) is 1. The molecule has 0 unspecified atom stereocenters. The number of nitrogens with zero attached hydrogens (tertiary/aromatic N) is 2. The molecular weight excluding hydrogens is 372 g/mol. The van der Waals surface area contributed by atoms with E-state index in [1.807, 2.05) is 0 Å². The Bertz CT molecular complexity index is 985. The first kappa shape index (κ1) is 18.4. The zero-order chi connectivity index (χ0) is 19.4. The second-order valence-corrected chi connectivity index (χ2v) is 5.81. The molecule has 3 aromatic rings. The molecule has 9 heteroatoms. The van der Waals surface area contributed by atoms with Crippen molar-refractivity contribution in [1.82, 2.24) is 15.4 Å². The third-order valence-corrected chi connectivity index (χ3v) is 3.83. The lowest BCUT2D eigenvalue weighted by atomic mass is 10.1. The quantitative estimate of drug-likeness (QED) is 0.496. The number of carbonyl (C=O) groups excluding carboxylic acids is 2. The summed E-state index contributed by atoms with van der Waals surface area (Å²) in [7, 11) is 0. The number of carbonyl (C=O) groups is 2. The van der Waals surface area contributed by atoms with Gasteiger partial charge >= 0.3 is 5.97 Å². The number of aromatic nitrogens is 3. The molecule has 0 saturated carbocycles. The third kappa shape index (κ3) is 4.06. The van der Waals surface area contributed by atoms with Crippen molar-refractivity contribution < 1.29 is 19.1 Å². The number of hydrogen-bond acceptors (Lipinski definition) is 6. The molecule has 0 aliphatic heterocycles. The molecule has 0 fully saturated rings. The predicted octanol–water partition coefficient (Wildman–Crippen LogP) is 2.84.